The van der Waals surface area contributed by atoms with Gasteiger partial charge in [0.05, 0.1) is 18.7 Å². The molecule has 2 heterocycles. The molecule has 27 heavy (non-hydrogen) atoms. The molecule has 6 nitrogen and oxygen atoms in total. The summed E-state index contributed by atoms with van der Waals surface area (Å²) in [5.41, 5.74) is 0. The van der Waals surface area contributed by atoms with Crippen molar-refractivity contribution in [2.45, 2.75) is 12.8 Å². The third kappa shape index (κ3) is 4.67. The summed E-state index contributed by atoms with van der Waals surface area (Å²) in [6.07, 6.45) is 2.96. The van der Waals surface area contributed by atoms with Crippen LogP contribution in [0, 0.1) is 11.7 Å². The number of hydrogen-bond donors (Lipinski definition) is 0. The van der Waals surface area contributed by atoms with Crippen molar-refractivity contribution in [3.63, 3.8) is 0 Å². The molecule has 2 aromatic rings. The normalized spacial score (nSPS) is 16.8. The number of para-hydroxylation sites is 1. The molecule has 7 heteroatoms. The van der Waals surface area contributed by atoms with Crippen molar-refractivity contribution in [3.05, 3.63) is 54.2 Å². The van der Waals surface area contributed by atoms with Crippen LogP contribution in [-0.4, -0.2) is 54.9 Å². The summed E-state index contributed by atoms with van der Waals surface area (Å²) in [6, 6.07) is 9.47. The van der Waals surface area contributed by atoms with Crippen molar-refractivity contribution in [1.82, 2.24) is 9.80 Å². The standard InChI is InChI=1S/C20H23FN2O4/c1-22(11-13-27-17-8-3-2-7-16(17)21)19(24)15-6-4-10-23(14-15)20(25)18-9-5-12-26-18/h2-3,5,7-9,12,15H,4,6,10-11,13-14H2,1H3/t15-/m1/s1. The number of rotatable bonds is 6. The van der Waals surface area contributed by atoms with Crippen LogP contribution in [0.3, 0.4) is 0 Å². The highest BCUT2D eigenvalue weighted by molar-refractivity contribution is 5.92. The number of halogens is 1. The molecule has 1 fully saturated rings. The second kappa shape index (κ2) is 8.70. The first-order valence-corrected chi connectivity index (χ1v) is 9.01. The Morgan fingerprint density at radius 3 is 2.85 bits per heavy atom. The monoisotopic (exact) mass is 374 g/mol. The number of likely N-dealkylation sites (N-methyl/N-ethyl adjacent to an activating group) is 1. The van der Waals surface area contributed by atoms with Crippen molar-refractivity contribution < 1.29 is 23.1 Å². The number of furan rings is 1. The van der Waals surface area contributed by atoms with E-state index >= 15 is 0 Å². The molecular weight excluding hydrogens is 351 g/mol. The van der Waals surface area contributed by atoms with Gasteiger partial charge in [-0.15, -0.1) is 0 Å². The van der Waals surface area contributed by atoms with Crippen LogP contribution in [0.1, 0.15) is 23.4 Å². The molecule has 1 atom stereocenters. The fraction of sp³-hybridized carbons (Fsp3) is 0.400. The van der Waals surface area contributed by atoms with Gasteiger partial charge in [0.1, 0.15) is 6.61 Å². The number of piperidine rings is 1. The van der Waals surface area contributed by atoms with Crippen LogP contribution in [0.15, 0.2) is 47.1 Å². The molecule has 0 radical (unpaired) electrons. The minimum absolute atomic E-state index is 0.0379. The highest BCUT2D eigenvalue weighted by Crippen LogP contribution is 2.21. The number of carbonyl (C=O) groups is 2. The molecular formula is C20H23FN2O4. The van der Waals surface area contributed by atoms with Crippen LogP contribution in [0.5, 0.6) is 5.75 Å². The molecule has 1 aromatic carbocycles. The Kier molecular flexibility index (Phi) is 6.11. The van der Waals surface area contributed by atoms with Crippen LogP contribution in [-0.2, 0) is 4.79 Å². The number of nitrogens with zero attached hydrogens (tertiary/aromatic N) is 2. The molecule has 3 rings (SSSR count). The van der Waals surface area contributed by atoms with E-state index in [1.165, 1.54) is 12.3 Å². The number of likely N-dealkylation sites (tertiary alicyclic amines) is 1. The summed E-state index contributed by atoms with van der Waals surface area (Å²) in [5.74, 6) is -0.449. The van der Waals surface area contributed by atoms with Crippen LogP contribution >= 0.6 is 0 Å². The molecule has 1 aliphatic rings. The van der Waals surface area contributed by atoms with Crippen molar-refractivity contribution in [1.29, 1.82) is 0 Å². The van der Waals surface area contributed by atoms with Gasteiger partial charge in [-0.3, -0.25) is 9.59 Å². The number of benzene rings is 1. The van der Waals surface area contributed by atoms with Crippen molar-refractivity contribution >= 4 is 11.8 Å². The summed E-state index contributed by atoms with van der Waals surface area (Å²) in [6.45, 7) is 1.53. The van der Waals surface area contributed by atoms with E-state index in [0.717, 1.165) is 12.8 Å². The number of hydrogen-bond acceptors (Lipinski definition) is 4. The quantitative estimate of drug-likeness (QED) is 0.780. The fourth-order valence-corrected chi connectivity index (χ4v) is 3.20. The lowest BCUT2D eigenvalue weighted by Crippen LogP contribution is -2.46. The van der Waals surface area contributed by atoms with Gasteiger partial charge in [-0.1, -0.05) is 12.1 Å². The zero-order chi connectivity index (χ0) is 19.2. The van der Waals surface area contributed by atoms with Gasteiger partial charge in [0.25, 0.3) is 5.91 Å². The number of amides is 2. The van der Waals surface area contributed by atoms with Crippen LogP contribution < -0.4 is 4.74 Å². The van der Waals surface area contributed by atoms with Crippen molar-refractivity contribution in [2.75, 3.05) is 33.3 Å². The molecule has 0 aliphatic carbocycles. The topological polar surface area (TPSA) is 63.0 Å². The highest BCUT2D eigenvalue weighted by Gasteiger charge is 2.31. The molecule has 1 aromatic heterocycles. The summed E-state index contributed by atoms with van der Waals surface area (Å²) in [7, 11) is 1.69. The van der Waals surface area contributed by atoms with Crippen LogP contribution in [0.25, 0.3) is 0 Å². The van der Waals surface area contributed by atoms with Gasteiger partial charge in [-0.05, 0) is 37.1 Å². The van der Waals surface area contributed by atoms with E-state index < -0.39 is 5.82 Å². The van der Waals surface area contributed by atoms with E-state index in [2.05, 4.69) is 0 Å². The molecule has 0 bridgehead atoms. The van der Waals surface area contributed by atoms with Gasteiger partial charge in [-0.25, -0.2) is 4.39 Å². The Labute approximate surface area is 157 Å². The van der Waals surface area contributed by atoms with E-state index in [9.17, 15) is 14.0 Å². The number of ether oxygens (including phenoxy) is 1. The second-order valence-electron chi connectivity index (χ2n) is 6.61. The van der Waals surface area contributed by atoms with E-state index in [1.54, 1.807) is 47.2 Å². The van der Waals surface area contributed by atoms with Gasteiger partial charge in [-0.2, -0.15) is 0 Å². The molecule has 1 saturated heterocycles. The van der Waals surface area contributed by atoms with Gasteiger partial charge < -0.3 is 19.0 Å². The van der Waals surface area contributed by atoms with E-state index in [0.29, 0.717) is 19.6 Å². The first-order chi connectivity index (χ1) is 13.1. The molecule has 144 valence electrons. The van der Waals surface area contributed by atoms with Crippen molar-refractivity contribution in [2.24, 2.45) is 5.92 Å². The fourth-order valence-electron chi connectivity index (χ4n) is 3.20. The lowest BCUT2D eigenvalue weighted by molar-refractivity contribution is -0.135. The summed E-state index contributed by atoms with van der Waals surface area (Å²) >= 11 is 0. The van der Waals surface area contributed by atoms with E-state index in [1.807, 2.05) is 0 Å². The molecule has 0 saturated carbocycles. The van der Waals surface area contributed by atoms with E-state index in [4.69, 9.17) is 9.15 Å². The van der Waals surface area contributed by atoms with Crippen LogP contribution in [0.2, 0.25) is 0 Å². The Morgan fingerprint density at radius 2 is 2.11 bits per heavy atom. The van der Waals surface area contributed by atoms with Gasteiger partial charge in [0.15, 0.2) is 17.3 Å². The van der Waals surface area contributed by atoms with Gasteiger partial charge in [0.2, 0.25) is 5.91 Å². The highest BCUT2D eigenvalue weighted by atomic mass is 19.1. The third-order valence-corrected chi connectivity index (χ3v) is 4.69. The average molecular weight is 374 g/mol. The molecule has 0 N–H and O–H groups in total. The maximum atomic E-state index is 13.5. The predicted molar refractivity (Wildman–Crippen MR) is 96.9 cm³/mol. The molecule has 1 aliphatic heterocycles. The second-order valence-corrected chi connectivity index (χ2v) is 6.61. The largest absolute Gasteiger partial charge is 0.489 e. The Morgan fingerprint density at radius 1 is 1.30 bits per heavy atom. The maximum Gasteiger partial charge on any atom is 0.289 e. The SMILES string of the molecule is CN(CCOc1ccccc1F)C(=O)[C@@H]1CCCN(C(=O)c2ccco2)C1. The molecule has 0 spiro atoms. The van der Waals surface area contributed by atoms with Gasteiger partial charge in [0, 0.05) is 20.1 Å². The maximum absolute atomic E-state index is 13.5. The number of carbonyl (C=O) groups excluding carboxylic acids is 2. The van der Waals surface area contributed by atoms with Gasteiger partial charge >= 0.3 is 0 Å². The Hall–Kier alpha value is -2.83. The van der Waals surface area contributed by atoms with Crippen molar-refractivity contribution in [3.8, 4) is 5.75 Å². The third-order valence-electron chi connectivity index (χ3n) is 4.69. The molecule has 0 unspecified atom stereocenters. The van der Waals surface area contributed by atoms with Crippen LogP contribution in [0.4, 0.5) is 4.39 Å². The lowest BCUT2D eigenvalue weighted by atomic mass is 9.96. The Balaban J connectivity index is 1.50. The summed E-state index contributed by atoms with van der Waals surface area (Å²) < 4.78 is 24.1. The zero-order valence-electron chi connectivity index (χ0n) is 15.3. The predicted octanol–water partition coefficient (Wildman–Crippen LogP) is 2.81. The smallest absolute Gasteiger partial charge is 0.289 e. The minimum Gasteiger partial charge on any atom is -0.489 e. The average Bonchev–Trinajstić information content (AvgIpc) is 3.23. The molecule has 2 amide bonds. The first-order valence-electron chi connectivity index (χ1n) is 9.01. The zero-order valence-corrected chi connectivity index (χ0v) is 15.3. The summed E-state index contributed by atoms with van der Waals surface area (Å²) in [4.78, 5) is 28.3. The minimum atomic E-state index is -0.425. The summed E-state index contributed by atoms with van der Waals surface area (Å²) in [5, 5.41) is 0. The lowest BCUT2D eigenvalue weighted by Gasteiger charge is -2.33. The first kappa shape index (κ1) is 18.9. The van der Waals surface area contributed by atoms with E-state index in [-0.39, 0.29) is 35.8 Å². The Bertz CT molecular complexity index is 778.